The Balaban J connectivity index is 1.68. The number of sulfonamides is 1. The summed E-state index contributed by atoms with van der Waals surface area (Å²) < 4.78 is 33.9. The summed E-state index contributed by atoms with van der Waals surface area (Å²) in [5, 5.41) is 2.79. The minimum absolute atomic E-state index is 0.110. The zero-order valence-corrected chi connectivity index (χ0v) is 19.5. The molecule has 0 aliphatic rings. The highest BCUT2D eigenvalue weighted by Crippen LogP contribution is 2.22. The minimum atomic E-state index is -3.75. The average Bonchev–Trinajstić information content (AvgIpc) is 2.74. The van der Waals surface area contributed by atoms with Gasteiger partial charge < -0.3 is 10.1 Å². The van der Waals surface area contributed by atoms with E-state index in [2.05, 4.69) is 10.0 Å². The molecule has 0 saturated heterocycles. The summed E-state index contributed by atoms with van der Waals surface area (Å²) >= 11 is 0. The van der Waals surface area contributed by atoms with Crippen molar-refractivity contribution < 1.29 is 17.9 Å². The molecule has 0 radical (unpaired) electrons. The third kappa shape index (κ3) is 5.88. The standard InChI is InChI=1S/C25H28N2O4S/c1-5-24(31-21-8-6-7-17(2)16-21)25(28)26-20-10-12-22(13-11-20)32(29,30)27-23-14-9-18(3)15-19(23)4/h6-16,24,27H,5H2,1-4H3,(H,26,28)/t24-/m0/s1. The molecule has 1 amide bonds. The average molecular weight is 453 g/mol. The monoisotopic (exact) mass is 452 g/mol. The number of hydrogen-bond acceptors (Lipinski definition) is 4. The molecule has 3 aromatic carbocycles. The molecule has 3 aromatic rings. The lowest BCUT2D eigenvalue weighted by Gasteiger charge is -2.18. The van der Waals surface area contributed by atoms with Gasteiger partial charge in [-0.25, -0.2) is 8.42 Å². The van der Waals surface area contributed by atoms with Crippen LogP contribution < -0.4 is 14.8 Å². The molecule has 168 valence electrons. The number of aryl methyl sites for hydroxylation is 3. The van der Waals surface area contributed by atoms with Crippen LogP contribution >= 0.6 is 0 Å². The second-order valence-corrected chi connectivity index (χ2v) is 9.45. The Morgan fingerprint density at radius 2 is 1.62 bits per heavy atom. The number of hydrogen-bond donors (Lipinski definition) is 2. The zero-order valence-electron chi connectivity index (χ0n) is 18.7. The maximum atomic E-state index is 12.7. The van der Waals surface area contributed by atoms with Gasteiger partial charge in [0.15, 0.2) is 6.10 Å². The number of carbonyl (C=O) groups excluding carboxylic acids is 1. The smallest absolute Gasteiger partial charge is 0.265 e. The van der Waals surface area contributed by atoms with Gasteiger partial charge in [-0.05, 0) is 80.8 Å². The molecule has 3 rings (SSSR count). The summed E-state index contributed by atoms with van der Waals surface area (Å²) in [6.07, 6.45) is -0.169. The maximum Gasteiger partial charge on any atom is 0.265 e. The van der Waals surface area contributed by atoms with E-state index in [1.165, 1.54) is 12.1 Å². The van der Waals surface area contributed by atoms with Crippen LogP contribution in [-0.2, 0) is 14.8 Å². The number of ether oxygens (including phenoxy) is 1. The summed E-state index contributed by atoms with van der Waals surface area (Å²) in [6, 6.07) is 19.1. The SMILES string of the molecule is CC[C@H](Oc1cccc(C)c1)C(=O)Nc1ccc(S(=O)(=O)Nc2ccc(C)cc2C)cc1. The van der Waals surface area contributed by atoms with E-state index in [-0.39, 0.29) is 10.8 Å². The topological polar surface area (TPSA) is 84.5 Å². The van der Waals surface area contributed by atoms with Crippen LogP contribution in [0.2, 0.25) is 0 Å². The number of rotatable bonds is 8. The summed E-state index contributed by atoms with van der Waals surface area (Å²) in [4.78, 5) is 12.8. The number of anilines is 2. The third-order valence-corrected chi connectivity index (χ3v) is 6.37. The van der Waals surface area contributed by atoms with Crippen molar-refractivity contribution in [3.05, 3.63) is 83.4 Å². The van der Waals surface area contributed by atoms with E-state index in [1.807, 2.05) is 64.1 Å². The second-order valence-electron chi connectivity index (χ2n) is 7.77. The second kappa shape index (κ2) is 9.87. The predicted octanol–water partition coefficient (Wildman–Crippen LogP) is 5.21. The predicted molar refractivity (Wildman–Crippen MR) is 128 cm³/mol. The minimum Gasteiger partial charge on any atom is -0.481 e. The van der Waals surface area contributed by atoms with Crippen molar-refractivity contribution in [1.82, 2.24) is 0 Å². The highest BCUT2D eigenvalue weighted by Gasteiger charge is 2.20. The molecular weight excluding hydrogens is 424 g/mol. The molecule has 32 heavy (non-hydrogen) atoms. The number of amides is 1. The van der Waals surface area contributed by atoms with Crippen LogP contribution in [0.15, 0.2) is 71.6 Å². The van der Waals surface area contributed by atoms with E-state index in [9.17, 15) is 13.2 Å². The quantitative estimate of drug-likeness (QED) is 0.491. The molecule has 0 fully saturated rings. The fraction of sp³-hybridized carbons (Fsp3) is 0.240. The summed E-state index contributed by atoms with van der Waals surface area (Å²) in [6.45, 7) is 7.63. The molecule has 0 aromatic heterocycles. The molecule has 0 aliphatic carbocycles. The van der Waals surface area contributed by atoms with Crippen LogP contribution in [0.5, 0.6) is 5.75 Å². The van der Waals surface area contributed by atoms with Crippen molar-refractivity contribution in [1.29, 1.82) is 0 Å². The van der Waals surface area contributed by atoms with Crippen molar-refractivity contribution in [3.8, 4) is 5.75 Å². The lowest BCUT2D eigenvalue weighted by atomic mass is 10.1. The van der Waals surface area contributed by atoms with Gasteiger partial charge in [0.05, 0.1) is 10.6 Å². The Morgan fingerprint density at radius 3 is 2.25 bits per heavy atom. The van der Waals surface area contributed by atoms with E-state index < -0.39 is 16.1 Å². The normalized spacial score (nSPS) is 12.1. The van der Waals surface area contributed by atoms with Crippen LogP contribution in [0.4, 0.5) is 11.4 Å². The van der Waals surface area contributed by atoms with Crippen molar-refractivity contribution in [2.75, 3.05) is 10.0 Å². The maximum absolute atomic E-state index is 12.7. The fourth-order valence-electron chi connectivity index (χ4n) is 3.25. The Bertz CT molecular complexity index is 1200. The van der Waals surface area contributed by atoms with Crippen molar-refractivity contribution in [3.63, 3.8) is 0 Å². The molecule has 0 saturated carbocycles. The number of carbonyl (C=O) groups is 1. The van der Waals surface area contributed by atoms with E-state index in [0.717, 1.165) is 16.7 Å². The van der Waals surface area contributed by atoms with Gasteiger partial charge in [-0.1, -0.05) is 36.8 Å². The number of benzene rings is 3. The first-order chi connectivity index (χ1) is 15.2. The first kappa shape index (κ1) is 23.3. The van der Waals surface area contributed by atoms with Crippen molar-refractivity contribution >= 4 is 27.3 Å². The van der Waals surface area contributed by atoms with Crippen LogP contribution in [0, 0.1) is 20.8 Å². The van der Waals surface area contributed by atoms with Crippen molar-refractivity contribution in [2.24, 2.45) is 0 Å². The van der Waals surface area contributed by atoms with Gasteiger partial charge in [0.1, 0.15) is 5.75 Å². The highest BCUT2D eigenvalue weighted by atomic mass is 32.2. The summed E-state index contributed by atoms with van der Waals surface area (Å²) in [5.74, 6) is 0.337. The van der Waals surface area contributed by atoms with Crippen molar-refractivity contribution in [2.45, 2.75) is 45.1 Å². The molecule has 0 aliphatic heterocycles. The number of nitrogens with one attached hydrogen (secondary N) is 2. The van der Waals surface area contributed by atoms with Crippen LogP contribution in [0.1, 0.15) is 30.0 Å². The molecule has 2 N–H and O–H groups in total. The summed E-state index contributed by atoms with van der Waals surface area (Å²) in [7, 11) is -3.75. The highest BCUT2D eigenvalue weighted by molar-refractivity contribution is 7.92. The lowest BCUT2D eigenvalue weighted by Crippen LogP contribution is -2.32. The Kier molecular flexibility index (Phi) is 7.20. The summed E-state index contributed by atoms with van der Waals surface area (Å²) in [5.41, 5.74) is 3.97. The largest absolute Gasteiger partial charge is 0.481 e. The van der Waals surface area contributed by atoms with Crippen LogP contribution in [-0.4, -0.2) is 20.4 Å². The molecule has 6 nitrogen and oxygen atoms in total. The molecule has 0 spiro atoms. The van der Waals surface area contributed by atoms with Gasteiger partial charge in [-0.2, -0.15) is 0 Å². The van der Waals surface area contributed by atoms with Gasteiger partial charge >= 0.3 is 0 Å². The van der Waals surface area contributed by atoms with Crippen LogP contribution in [0.25, 0.3) is 0 Å². The van der Waals surface area contributed by atoms with E-state index in [1.54, 1.807) is 18.2 Å². The van der Waals surface area contributed by atoms with Gasteiger partial charge in [-0.3, -0.25) is 9.52 Å². The Hall–Kier alpha value is -3.32. The molecule has 1 atom stereocenters. The molecule has 0 bridgehead atoms. The molecule has 0 heterocycles. The van der Waals surface area contributed by atoms with E-state index in [4.69, 9.17) is 4.74 Å². The van der Waals surface area contributed by atoms with Crippen LogP contribution in [0.3, 0.4) is 0 Å². The zero-order chi connectivity index (χ0) is 23.3. The fourth-order valence-corrected chi connectivity index (χ4v) is 4.38. The van der Waals surface area contributed by atoms with E-state index in [0.29, 0.717) is 23.5 Å². The van der Waals surface area contributed by atoms with Gasteiger partial charge in [0, 0.05) is 5.69 Å². The molecular formula is C25H28N2O4S. The molecule has 0 unspecified atom stereocenters. The third-order valence-electron chi connectivity index (χ3n) is 4.99. The van der Waals surface area contributed by atoms with Gasteiger partial charge in [0.2, 0.25) is 0 Å². The lowest BCUT2D eigenvalue weighted by molar-refractivity contribution is -0.122. The first-order valence-electron chi connectivity index (χ1n) is 10.4. The Labute approximate surface area is 189 Å². The Morgan fingerprint density at radius 1 is 0.938 bits per heavy atom. The first-order valence-corrected chi connectivity index (χ1v) is 11.9. The molecule has 7 heteroatoms. The van der Waals surface area contributed by atoms with E-state index >= 15 is 0 Å². The van der Waals surface area contributed by atoms with Gasteiger partial charge in [-0.15, -0.1) is 0 Å². The van der Waals surface area contributed by atoms with Gasteiger partial charge in [0.25, 0.3) is 15.9 Å².